The number of hydrogen-bond donors (Lipinski definition) is 1. The first kappa shape index (κ1) is 11.7. The van der Waals surface area contributed by atoms with Gasteiger partial charge in [-0.25, -0.2) is 0 Å². The van der Waals surface area contributed by atoms with E-state index in [0.29, 0.717) is 12.3 Å². The van der Waals surface area contributed by atoms with E-state index in [1.807, 2.05) is 18.2 Å². The Morgan fingerprint density at radius 1 is 1.39 bits per heavy atom. The van der Waals surface area contributed by atoms with Gasteiger partial charge in [-0.2, -0.15) is 0 Å². The van der Waals surface area contributed by atoms with Crippen molar-refractivity contribution in [2.24, 2.45) is 0 Å². The zero-order valence-electron chi connectivity index (χ0n) is 10.1. The monoisotopic (exact) mass is 257 g/mol. The number of thiol groups is 1. The zero-order chi connectivity index (χ0) is 12.5. The highest BCUT2D eigenvalue weighted by Gasteiger charge is 2.23. The molecule has 0 radical (unpaired) electrons. The molecule has 3 heteroatoms. The molecule has 0 saturated carbocycles. The van der Waals surface area contributed by atoms with Gasteiger partial charge in [0.25, 0.3) is 0 Å². The van der Waals surface area contributed by atoms with Gasteiger partial charge in [0.1, 0.15) is 0 Å². The van der Waals surface area contributed by atoms with Gasteiger partial charge in [0.05, 0.1) is 5.52 Å². The van der Waals surface area contributed by atoms with Crippen molar-refractivity contribution in [2.45, 2.75) is 31.6 Å². The van der Waals surface area contributed by atoms with Gasteiger partial charge in [-0.05, 0) is 42.9 Å². The van der Waals surface area contributed by atoms with Crippen molar-refractivity contribution in [1.82, 2.24) is 4.98 Å². The Morgan fingerprint density at radius 3 is 3.06 bits per heavy atom. The van der Waals surface area contributed by atoms with Gasteiger partial charge in [-0.3, -0.25) is 9.78 Å². The Bertz CT molecular complexity index is 608. The van der Waals surface area contributed by atoms with Crippen LogP contribution in [0.25, 0.3) is 10.9 Å². The molecular formula is C15H15NOS. The van der Waals surface area contributed by atoms with Crippen LogP contribution in [0.1, 0.15) is 36.4 Å². The van der Waals surface area contributed by atoms with Gasteiger partial charge >= 0.3 is 0 Å². The summed E-state index contributed by atoms with van der Waals surface area (Å²) in [6.07, 6.45) is 3.73. The van der Waals surface area contributed by atoms with Crippen molar-refractivity contribution in [1.29, 1.82) is 0 Å². The lowest BCUT2D eigenvalue weighted by Gasteiger charge is -2.24. The van der Waals surface area contributed by atoms with Crippen LogP contribution in [0, 0.1) is 0 Å². The number of hydrogen-bond acceptors (Lipinski definition) is 2. The standard InChI is InChI=1S/C15H15NOS/c17-15(18)9-10-5-3-7-14-12(10)8-11-4-1-2-6-13(11)16-14/h1-2,4,6,8,10H,3,5,7,9H2,(H,17,18). The molecule has 2 nitrogen and oxygen atoms in total. The van der Waals surface area contributed by atoms with Gasteiger partial charge in [0.2, 0.25) is 0 Å². The maximum absolute atomic E-state index is 11.2. The summed E-state index contributed by atoms with van der Waals surface area (Å²) in [6.45, 7) is 0. The van der Waals surface area contributed by atoms with Gasteiger partial charge in [-0.1, -0.05) is 18.2 Å². The Balaban J connectivity index is 2.10. The SMILES string of the molecule is O=C(S)CC1CCCc2nc3ccccc3cc21. The summed E-state index contributed by atoms with van der Waals surface area (Å²) in [5.41, 5.74) is 3.47. The number of carbonyl (C=O) groups is 1. The lowest BCUT2D eigenvalue weighted by Crippen LogP contribution is -2.13. The van der Waals surface area contributed by atoms with Crippen molar-refractivity contribution in [2.75, 3.05) is 0 Å². The van der Waals surface area contributed by atoms with Crippen molar-refractivity contribution >= 4 is 28.6 Å². The summed E-state index contributed by atoms with van der Waals surface area (Å²) >= 11 is 3.91. The van der Waals surface area contributed by atoms with Crippen LogP contribution in [0.4, 0.5) is 0 Å². The van der Waals surface area contributed by atoms with E-state index >= 15 is 0 Å². The quantitative estimate of drug-likeness (QED) is 0.834. The number of fused-ring (bicyclic) bond motifs is 2. The number of carbonyl (C=O) groups excluding carboxylic acids is 1. The summed E-state index contributed by atoms with van der Waals surface area (Å²) < 4.78 is 0. The van der Waals surface area contributed by atoms with Gasteiger partial charge < -0.3 is 0 Å². The third kappa shape index (κ3) is 2.15. The van der Waals surface area contributed by atoms with Crippen LogP contribution in [-0.4, -0.2) is 10.1 Å². The molecule has 92 valence electrons. The second-order valence-corrected chi connectivity index (χ2v) is 5.40. The van der Waals surface area contributed by atoms with Crippen molar-refractivity contribution in [3.05, 3.63) is 41.6 Å². The average molecular weight is 257 g/mol. The molecule has 0 amide bonds. The van der Waals surface area contributed by atoms with Crippen LogP contribution in [0.3, 0.4) is 0 Å². The normalized spacial score (nSPS) is 18.6. The van der Waals surface area contributed by atoms with E-state index in [1.165, 1.54) is 11.3 Å². The fourth-order valence-corrected chi connectivity index (χ4v) is 3.04. The molecule has 1 aromatic carbocycles. The summed E-state index contributed by atoms with van der Waals surface area (Å²) in [4.78, 5) is 16.0. The Kier molecular flexibility index (Phi) is 3.08. The predicted octanol–water partition coefficient (Wildman–Crippen LogP) is 3.50. The van der Waals surface area contributed by atoms with E-state index in [0.717, 1.165) is 30.2 Å². The van der Waals surface area contributed by atoms with Crippen LogP contribution < -0.4 is 0 Å². The number of aryl methyl sites for hydroxylation is 1. The summed E-state index contributed by atoms with van der Waals surface area (Å²) in [5.74, 6) is 0.302. The number of benzene rings is 1. The first-order valence-electron chi connectivity index (χ1n) is 6.34. The summed E-state index contributed by atoms with van der Waals surface area (Å²) in [7, 11) is 0. The van der Waals surface area contributed by atoms with Crippen LogP contribution in [0.5, 0.6) is 0 Å². The molecule has 3 rings (SSSR count). The molecule has 1 atom stereocenters. The molecule has 18 heavy (non-hydrogen) atoms. The third-order valence-corrected chi connectivity index (χ3v) is 3.85. The molecule has 1 unspecified atom stereocenters. The van der Waals surface area contributed by atoms with Gasteiger partial charge in [0, 0.05) is 17.5 Å². The molecule has 0 saturated heterocycles. The van der Waals surface area contributed by atoms with Gasteiger partial charge in [-0.15, -0.1) is 12.6 Å². The highest BCUT2D eigenvalue weighted by atomic mass is 32.1. The third-order valence-electron chi connectivity index (χ3n) is 3.66. The first-order valence-corrected chi connectivity index (χ1v) is 6.79. The Labute approximate surface area is 112 Å². The smallest absolute Gasteiger partial charge is 0.186 e. The molecule has 1 heterocycles. The van der Waals surface area contributed by atoms with Crippen LogP contribution >= 0.6 is 12.6 Å². The minimum atomic E-state index is -0.0268. The molecule has 0 fully saturated rings. The fourth-order valence-electron chi connectivity index (χ4n) is 2.82. The second-order valence-electron chi connectivity index (χ2n) is 4.90. The molecular weight excluding hydrogens is 242 g/mol. The van der Waals surface area contributed by atoms with E-state index in [2.05, 4.69) is 24.8 Å². The lowest BCUT2D eigenvalue weighted by molar-refractivity contribution is -0.111. The Hall–Kier alpha value is -1.35. The minimum absolute atomic E-state index is 0.0268. The molecule has 1 aromatic heterocycles. The predicted molar refractivity (Wildman–Crippen MR) is 76.0 cm³/mol. The minimum Gasteiger partial charge on any atom is -0.287 e. The van der Waals surface area contributed by atoms with Crippen molar-refractivity contribution in [3.63, 3.8) is 0 Å². The largest absolute Gasteiger partial charge is 0.287 e. The van der Waals surface area contributed by atoms with Crippen LogP contribution in [-0.2, 0) is 11.2 Å². The topological polar surface area (TPSA) is 30.0 Å². The highest BCUT2D eigenvalue weighted by Crippen LogP contribution is 2.35. The van der Waals surface area contributed by atoms with E-state index in [1.54, 1.807) is 0 Å². The number of rotatable bonds is 2. The Morgan fingerprint density at radius 2 is 2.22 bits per heavy atom. The van der Waals surface area contributed by atoms with Crippen LogP contribution in [0.15, 0.2) is 30.3 Å². The molecule has 0 bridgehead atoms. The van der Waals surface area contributed by atoms with E-state index < -0.39 is 0 Å². The average Bonchev–Trinajstić information content (AvgIpc) is 2.36. The highest BCUT2D eigenvalue weighted by molar-refractivity contribution is 7.96. The molecule has 1 aliphatic rings. The van der Waals surface area contributed by atoms with Crippen molar-refractivity contribution < 1.29 is 4.79 Å². The van der Waals surface area contributed by atoms with Crippen LogP contribution in [0.2, 0.25) is 0 Å². The van der Waals surface area contributed by atoms with E-state index in [9.17, 15) is 4.79 Å². The van der Waals surface area contributed by atoms with Crippen molar-refractivity contribution in [3.8, 4) is 0 Å². The number of nitrogens with zero attached hydrogens (tertiary/aromatic N) is 1. The van der Waals surface area contributed by atoms with Gasteiger partial charge in [0.15, 0.2) is 5.12 Å². The zero-order valence-corrected chi connectivity index (χ0v) is 11.0. The maximum atomic E-state index is 11.2. The lowest BCUT2D eigenvalue weighted by atomic mass is 9.83. The molecule has 0 spiro atoms. The second kappa shape index (κ2) is 4.73. The maximum Gasteiger partial charge on any atom is 0.186 e. The number of aromatic nitrogens is 1. The number of pyridine rings is 1. The fraction of sp³-hybridized carbons (Fsp3) is 0.333. The summed E-state index contributed by atoms with van der Waals surface area (Å²) in [5, 5.41) is 1.13. The number of para-hydroxylation sites is 1. The summed E-state index contributed by atoms with van der Waals surface area (Å²) in [6, 6.07) is 10.4. The molecule has 0 N–H and O–H groups in total. The molecule has 2 aromatic rings. The van der Waals surface area contributed by atoms with E-state index in [-0.39, 0.29) is 5.12 Å². The molecule has 1 aliphatic carbocycles. The first-order chi connectivity index (χ1) is 8.74. The molecule has 0 aliphatic heterocycles. The van der Waals surface area contributed by atoms with E-state index in [4.69, 9.17) is 4.98 Å².